The zero-order chi connectivity index (χ0) is 9.14. The minimum atomic E-state index is 0.814. The van der Waals surface area contributed by atoms with E-state index in [1.54, 1.807) is 7.11 Å². The molecule has 0 unspecified atom stereocenters. The third kappa shape index (κ3) is 1.93. The van der Waals surface area contributed by atoms with Crippen molar-refractivity contribution in [2.75, 3.05) is 19.5 Å². The van der Waals surface area contributed by atoms with E-state index in [0.717, 1.165) is 20.4 Å². The summed E-state index contributed by atoms with van der Waals surface area (Å²) in [5, 5.41) is 3.04. The van der Waals surface area contributed by atoms with Crippen LogP contribution in [0, 0.1) is 0 Å². The van der Waals surface area contributed by atoms with E-state index in [9.17, 15) is 0 Å². The first-order valence-corrected chi connectivity index (χ1v) is 4.98. The van der Waals surface area contributed by atoms with Crippen LogP contribution in [0.3, 0.4) is 0 Å². The highest BCUT2D eigenvalue weighted by Crippen LogP contribution is 2.35. The molecule has 0 spiro atoms. The summed E-state index contributed by atoms with van der Waals surface area (Å²) in [4.78, 5) is 0. The molecule has 0 heterocycles. The van der Waals surface area contributed by atoms with Gasteiger partial charge in [0.2, 0.25) is 0 Å². The Balaban J connectivity index is 3.18. The van der Waals surface area contributed by atoms with Gasteiger partial charge in [0.1, 0.15) is 5.75 Å². The number of ether oxygens (including phenoxy) is 1. The van der Waals surface area contributed by atoms with Crippen molar-refractivity contribution in [1.82, 2.24) is 0 Å². The van der Waals surface area contributed by atoms with Gasteiger partial charge in [0, 0.05) is 12.7 Å². The second-order valence-electron chi connectivity index (χ2n) is 2.22. The molecule has 0 atom stereocenters. The SMILES string of the molecule is CNc1cc(Br)c(OC)c(Br)c1. The number of anilines is 1. The third-order valence-electron chi connectivity index (χ3n) is 1.49. The summed E-state index contributed by atoms with van der Waals surface area (Å²) in [5.74, 6) is 0.814. The highest BCUT2D eigenvalue weighted by atomic mass is 79.9. The maximum atomic E-state index is 5.15. The van der Waals surface area contributed by atoms with Gasteiger partial charge in [0.05, 0.1) is 16.1 Å². The standard InChI is InChI=1S/C8H9Br2NO/c1-11-5-3-6(9)8(12-2)7(10)4-5/h3-4,11H,1-2H3. The normalized spacial score (nSPS) is 9.67. The van der Waals surface area contributed by atoms with E-state index in [4.69, 9.17) is 4.74 Å². The highest BCUT2D eigenvalue weighted by molar-refractivity contribution is 9.11. The maximum Gasteiger partial charge on any atom is 0.147 e. The summed E-state index contributed by atoms with van der Waals surface area (Å²) in [5.41, 5.74) is 1.04. The predicted octanol–water partition coefficient (Wildman–Crippen LogP) is 3.26. The van der Waals surface area contributed by atoms with E-state index in [1.165, 1.54) is 0 Å². The van der Waals surface area contributed by atoms with Crippen LogP contribution >= 0.6 is 31.9 Å². The van der Waals surface area contributed by atoms with Crippen LogP contribution in [0.25, 0.3) is 0 Å². The van der Waals surface area contributed by atoms with E-state index in [0.29, 0.717) is 0 Å². The van der Waals surface area contributed by atoms with Gasteiger partial charge in [-0.3, -0.25) is 0 Å². The maximum absolute atomic E-state index is 5.15. The van der Waals surface area contributed by atoms with Gasteiger partial charge >= 0.3 is 0 Å². The van der Waals surface area contributed by atoms with Crippen LogP contribution in [-0.4, -0.2) is 14.2 Å². The Labute approximate surface area is 88.6 Å². The Morgan fingerprint density at radius 2 is 1.75 bits per heavy atom. The lowest BCUT2D eigenvalue weighted by Crippen LogP contribution is -1.91. The van der Waals surface area contributed by atoms with Crippen LogP contribution < -0.4 is 10.1 Å². The molecule has 0 fully saturated rings. The molecule has 66 valence electrons. The molecule has 0 amide bonds. The van der Waals surface area contributed by atoms with Gasteiger partial charge in [-0.05, 0) is 44.0 Å². The van der Waals surface area contributed by atoms with Crippen molar-refractivity contribution in [3.05, 3.63) is 21.1 Å². The number of hydrogen-bond donors (Lipinski definition) is 1. The van der Waals surface area contributed by atoms with Crippen LogP contribution in [0.15, 0.2) is 21.1 Å². The Kier molecular flexibility index (Phi) is 3.40. The van der Waals surface area contributed by atoms with Gasteiger partial charge in [0.25, 0.3) is 0 Å². The molecular formula is C8H9Br2NO. The smallest absolute Gasteiger partial charge is 0.147 e. The summed E-state index contributed by atoms with van der Waals surface area (Å²) < 4.78 is 7.02. The fraction of sp³-hybridized carbons (Fsp3) is 0.250. The molecule has 0 aliphatic heterocycles. The molecular weight excluding hydrogens is 286 g/mol. The van der Waals surface area contributed by atoms with Crippen molar-refractivity contribution in [3.63, 3.8) is 0 Å². The molecule has 0 radical (unpaired) electrons. The zero-order valence-electron chi connectivity index (χ0n) is 6.82. The summed E-state index contributed by atoms with van der Waals surface area (Å²) in [6.07, 6.45) is 0. The lowest BCUT2D eigenvalue weighted by molar-refractivity contribution is 0.409. The lowest BCUT2D eigenvalue weighted by Gasteiger charge is -2.08. The molecule has 0 aliphatic rings. The molecule has 1 aromatic carbocycles. The minimum Gasteiger partial charge on any atom is -0.494 e. The number of hydrogen-bond acceptors (Lipinski definition) is 2. The van der Waals surface area contributed by atoms with Gasteiger partial charge in [-0.25, -0.2) is 0 Å². The Hall–Kier alpha value is -0.220. The fourth-order valence-electron chi connectivity index (χ4n) is 0.899. The highest BCUT2D eigenvalue weighted by Gasteiger charge is 2.06. The fourth-order valence-corrected chi connectivity index (χ4v) is 2.41. The van der Waals surface area contributed by atoms with Crippen LogP contribution in [0.2, 0.25) is 0 Å². The van der Waals surface area contributed by atoms with Crippen LogP contribution in [-0.2, 0) is 0 Å². The van der Waals surface area contributed by atoms with Crippen LogP contribution in [0.5, 0.6) is 5.75 Å². The number of methoxy groups -OCH3 is 1. The third-order valence-corrected chi connectivity index (χ3v) is 2.67. The van der Waals surface area contributed by atoms with Crippen LogP contribution in [0.1, 0.15) is 0 Å². The van der Waals surface area contributed by atoms with Crippen molar-refractivity contribution >= 4 is 37.5 Å². The average molecular weight is 295 g/mol. The molecule has 12 heavy (non-hydrogen) atoms. The quantitative estimate of drug-likeness (QED) is 0.904. The molecule has 0 aromatic heterocycles. The molecule has 1 N–H and O–H groups in total. The monoisotopic (exact) mass is 293 g/mol. The molecule has 0 bridgehead atoms. The zero-order valence-corrected chi connectivity index (χ0v) is 9.99. The van der Waals surface area contributed by atoms with Gasteiger partial charge in [-0.15, -0.1) is 0 Å². The molecule has 1 rings (SSSR count). The largest absolute Gasteiger partial charge is 0.494 e. The lowest BCUT2D eigenvalue weighted by atomic mass is 10.3. The van der Waals surface area contributed by atoms with Crippen molar-refractivity contribution in [2.24, 2.45) is 0 Å². The Morgan fingerprint density at radius 1 is 1.25 bits per heavy atom. The Bertz CT molecular complexity index is 265. The molecule has 4 heteroatoms. The van der Waals surface area contributed by atoms with Crippen LogP contribution in [0.4, 0.5) is 5.69 Å². The van der Waals surface area contributed by atoms with Crippen molar-refractivity contribution in [3.8, 4) is 5.75 Å². The minimum absolute atomic E-state index is 0.814. The van der Waals surface area contributed by atoms with Gasteiger partial charge in [0.15, 0.2) is 0 Å². The number of rotatable bonds is 2. The number of benzene rings is 1. The first-order valence-electron chi connectivity index (χ1n) is 3.40. The predicted molar refractivity (Wildman–Crippen MR) is 57.9 cm³/mol. The molecule has 0 saturated carbocycles. The summed E-state index contributed by atoms with van der Waals surface area (Å²) in [6, 6.07) is 3.92. The van der Waals surface area contributed by atoms with E-state index < -0.39 is 0 Å². The van der Waals surface area contributed by atoms with Crippen molar-refractivity contribution in [1.29, 1.82) is 0 Å². The van der Waals surface area contributed by atoms with Gasteiger partial charge in [-0.2, -0.15) is 0 Å². The summed E-state index contributed by atoms with van der Waals surface area (Å²) in [6.45, 7) is 0. The van der Waals surface area contributed by atoms with E-state index >= 15 is 0 Å². The summed E-state index contributed by atoms with van der Waals surface area (Å²) >= 11 is 6.81. The number of nitrogens with one attached hydrogen (secondary N) is 1. The van der Waals surface area contributed by atoms with Crippen molar-refractivity contribution < 1.29 is 4.74 Å². The van der Waals surface area contributed by atoms with Crippen molar-refractivity contribution in [2.45, 2.75) is 0 Å². The second-order valence-corrected chi connectivity index (χ2v) is 3.93. The molecule has 0 saturated heterocycles. The first-order chi connectivity index (χ1) is 5.69. The summed E-state index contributed by atoms with van der Waals surface area (Å²) in [7, 11) is 3.52. The average Bonchev–Trinajstić information content (AvgIpc) is 2.03. The van der Waals surface area contributed by atoms with E-state index in [-0.39, 0.29) is 0 Å². The second kappa shape index (κ2) is 4.14. The number of halogens is 2. The molecule has 1 aromatic rings. The van der Waals surface area contributed by atoms with E-state index in [1.807, 2.05) is 19.2 Å². The molecule has 0 aliphatic carbocycles. The van der Waals surface area contributed by atoms with Gasteiger partial charge in [-0.1, -0.05) is 0 Å². The molecule has 2 nitrogen and oxygen atoms in total. The van der Waals surface area contributed by atoms with E-state index in [2.05, 4.69) is 37.2 Å². The van der Waals surface area contributed by atoms with Gasteiger partial charge < -0.3 is 10.1 Å². The topological polar surface area (TPSA) is 21.3 Å². The first kappa shape index (κ1) is 9.86. The Morgan fingerprint density at radius 3 is 2.08 bits per heavy atom.